The number of aryl methyl sites for hydroxylation is 2. The summed E-state index contributed by atoms with van der Waals surface area (Å²) in [6, 6.07) is 4.21. The SMILES string of the molecule is CNCCN(C)c1cncc(C)c1.Cc1cncc(N(C)CCN(C)C(=O)OC(C)(C)C)c1.Cl.Cl. The zero-order valence-electron chi connectivity index (χ0n) is 22.7. The summed E-state index contributed by atoms with van der Waals surface area (Å²) in [6.07, 6.45) is 7.11. The van der Waals surface area contributed by atoms with Gasteiger partial charge in [0.25, 0.3) is 0 Å². The van der Waals surface area contributed by atoms with E-state index in [0.29, 0.717) is 6.54 Å². The fraction of sp³-hybridized carbons (Fsp3) is 0.560. The third-order valence-corrected chi connectivity index (χ3v) is 4.78. The van der Waals surface area contributed by atoms with Crippen LogP contribution in [0.2, 0.25) is 0 Å². The summed E-state index contributed by atoms with van der Waals surface area (Å²) in [6.45, 7) is 13.0. The first-order chi connectivity index (χ1) is 15.4. The molecule has 2 aromatic rings. The largest absolute Gasteiger partial charge is 0.444 e. The molecule has 0 aromatic carbocycles. The molecule has 0 fully saturated rings. The average Bonchev–Trinajstić information content (AvgIpc) is 2.74. The number of carbonyl (C=O) groups excluding carboxylic acids is 1. The van der Waals surface area contributed by atoms with Crippen LogP contribution in [0.25, 0.3) is 0 Å². The number of halogens is 2. The van der Waals surface area contributed by atoms with Gasteiger partial charge in [0, 0.05) is 59.7 Å². The van der Waals surface area contributed by atoms with Gasteiger partial charge in [-0.2, -0.15) is 0 Å². The van der Waals surface area contributed by atoms with Crippen molar-refractivity contribution in [3.63, 3.8) is 0 Å². The smallest absolute Gasteiger partial charge is 0.410 e. The van der Waals surface area contributed by atoms with Crippen molar-refractivity contribution in [2.75, 3.05) is 64.2 Å². The predicted octanol–water partition coefficient (Wildman–Crippen LogP) is 4.58. The van der Waals surface area contributed by atoms with Crippen molar-refractivity contribution in [1.29, 1.82) is 0 Å². The monoisotopic (exact) mass is 530 g/mol. The summed E-state index contributed by atoms with van der Waals surface area (Å²) in [4.78, 5) is 26.0. The molecule has 0 aliphatic heterocycles. The van der Waals surface area contributed by atoms with E-state index in [1.807, 2.05) is 66.6 Å². The van der Waals surface area contributed by atoms with Gasteiger partial charge < -0.3 is 24.8 Å². The Morgan fingerprint density at radius 3 is 1.71 bits per heavy atom. The van der Waals surface area contributed by atoms with Gasteiger partial charge in [-0.1, -0.05) is 0 Å². The Kier molecular flexibility index (Phi) is 17.1. The molecule has 0 aliphatic rings. The van der Waals surface area contributed by atoms with E-state index < -0.39 is 5.60 Å². The summed E-state index contributed by atoms with van der Waals surface area (Å²) >= 11 is 0. The minimum Gasteiger partial charge on any atom is -0.444 e. The third kappa shape index (κ3) is 14.7. The maximum absolute atomic E-state index is 11.8. The van der Waals surface area contributed by atoms with Gasteiger partial charge in [0.05, 0.1) is 23.8 Å². The van der Waals surface area contributed by atoms with E-state index in [1.165, 1.54) is 11.3 Å². The molecule has 8 nitrogen and oxygen atoms in total. The molecule has 0 spiro atoms. The second-order valence-electron chi connectivity index (χ2n) is 9.29. The second-order valence-corrected chi connectivity index (χ2v) is 9.29. The van der Waals surface area contributed by atoms with Crippen LogP contribution in [0.15, 0.2) is 36.9 Å². The number of rotatable bonds is 8. The number of nitrogens with one attached hydrogen (secondary N) is 1. The van der Waals surface area contributed by atoms with Crippen LogP contribution in [0.4, 0.5) is 16.2 Å². The van der Waals surface area contributed by atoms with Crippen molar-refractivity contribution in [3.05, 3.63) is 48.0 Å². The zero-order valence-corrected chi connectivity index (χ0v) is 24.3. The van der Waals surface area contributed by atoms with Gasteiger partial charge in [-0.15, -0.1) is 24.8 Å². The molecule has 0 saturated carbocycles. The molecule has 2 heterocycles. The Morgan fingerprint density at radius 1 is 0.857 bits per heavy atom. The summed E-state index contributed by atoms with van der Waals surface area (Å²) in [5.41, 5.74) is 4.08. The molecule has 0 radical (unpaired) electrons. The van der Waals surface area contributed by atoms with Gasteiger partial charge in [0.1, 0.15) is 5.60 Å². The summed E-state index contributed by atoms with van der Waals surface area (Å²) in [7, 11) is 7.77. The quantitative estimate of drug-likeness (QED) is 0.535. The van der Waals surface area contributed by atoms with E-state index in [2.05, 4.69) is 51.2 Å². The molecular formula is C25H44Cl2N6O2. The lowest BCUT2D eigenvalue weighted by Gasteiger charge is -2.27. The van der Waals surface area contributed by atoms with Crippen molar-refractivity contribution in [1.82, 2.24) is 20.2 Å². The number of amides is 1. The van der Waals surface area contributed by atoms with E-state index in [0.717, 1.165) is 30.9 Å². The van der Waals surface area contributed by atoms with Crippen molar-refractivity contribution in [2.45, 2.75) is 40.2 Å². The Hall–Kier alpha value is -2.29. The number of hydrogen-bond acceptors (Lipinski definition) is 7. The molecule has 0 bridgehead atoms. The molecule has 1 N–H and O–H groups in total. The number of pyridine rings is 2. The molecule has 2 aromatic heterocycles. The highest BCUT2D eigenvalue weighted by molar-refractivity contribution is 5.85. The second kappa shape index (κ2) is 17.2. The van der Waals surface area contributed by atoms with Crippen LogP contribution in [0.3, 0.4) is 0 Å². The topological polar surface area (TPSA) is 73.8 Å². The fourth-order valence-electron chi connectivity index (χ4n) is 2.76. The summed E-state index contributed by atoms with van der Waals surface area (Å²) in [5, 5.41) is 3.12. The third-order valence-electron chi connectivity index (χ3n) is 4.78. The van der Waals surface area contributed by atoms with Crippen molar-refractivity contribution >= 4 is 42.3 Å². The highest BCUT2D eigenvalue weighted by Gasteiger charge is 2.19. The summed E-state index contributed by atoms with van der Waals surface area (Å²) < 4.78 is 5.31. The Morgan fingerprint density at radius 2 is 1.31 bits per heavy atom. The normalized spacial score (nSPS) is 10.1. The van der Waals surface area contributed by atoms with Crippen molar-refractivity contribution in [2.24, 2.45) is 0 Å². The molecule has 0 atom stereocenters. The molecule has 0 aliphatic carbocycles. The molecule has 1 amide bonds. The minimum atomic E-state index is -0.461. The van der Waals surface area contributed by atoms with Crippen LogP contribution < -0.4 is 15.1 Å². The molecule has 2 rings (SSSR count). The Balaban J connectivity index is 0. The highest BCUT2D eigenvalue weighted by Crippen LogP contribution is 2.13. The van der Waals surface area contributed by atoms with Crippen molar-refractivity contribution in [3.8, 4) is 0 Å². The van der Waals surface area contributed by atoms with Crippen LogP contribution in [0, 0.1) is 13.8 Å². The number of hydrogen-bond donors (Lipinski definition) is 1. The molecule has 0 saturated heterocycles. The first-order valence-corrected chi connectivity index (χ1v) is 11.3. The van der Waals surface area contributed by atoms with E-state index >= 15 is 0 Å². The van der Waals surface area contributed by atoms with Crippen LogP contribution in [-0.4, -0.2) is 80.9 Å². The van der Waals surface area contributed by atoms with Gasteiger partial charge in [-0.25, -0.2) is 4.79 Å². The lowest BCUT2D eigenvalue weighted by molar-refractivity contribution is 0.0303. The molecule has 0 unspecified atom stereocenters. The maximum atomic E-state index is 11.8. The van der Waals surface area contributed by atoms with Gasteiger partial charge in [-0.05, 0) is 64.9 Å². The number of nitrogens with zero attached hydrogens (tertiary/aromatic N) is 5. The van der Waals surface area contributed by atoms with Crippen LogP contribution in [0.5, 0.6) is 0 Å². The van der Waals surface area contributed by atoms with Crippen LogP contribution >= 0.6 is 24.8 Å². The lowest BCUT2D eigenvalue weighted by atomic mass is 10.2. The van der Waals surface area contributed by atoms with E-state index in [4.69, 9.17) is 4.74 Å². The van der Waals surface area contributed by atoms with Gasteiger partial charge in [0.15, 0.2) is 0 Å². The fourth-order valence-corrected chi connectivity index (χ4v) is 2.76. The number of ether oxygens (including phenoxy) is 1. The Bertz CT molecular complexity index is 864. The van der Waals surface area contributed by atoms with E-state index in [-0.39, 0.29) is 30.9 Å². The van der Waals surface area contributed by atoms with Crippen LogP contribution in [0.1, 0.15) is 31.9 Å². The molecule has 200 valence electrons. The predicted molar refractivity (Wildman–Crippen MR) is 152 cm³/mol. The molecule has 10 heteroatoms. The number of likely N-dealkylation sites (N-methyl/N-ethyl adjacent to an activating group) is 4. The maximum Gasteiger partial charge on any atom is 0.410 e. The zero-order chi connectivity index (χ0) is 25.0. The average molecular weight is 532 g/mol. The summed E-state index contributed by atoms with van der Waals surface area (Å²) in [5.74, 6) is 0. The standard InChI is InChI=1S/C15H25N3O2.C10H17N3.2ClH/c1-12-9-13(11-16-10-12)17(5)7-8-18(6)14(19)20-15(2,3)4;1-9-6-10(8-12-7-9)13(3)5-4-11-2;;/h9-11H,7-8H2,1-6H3;6-8,11H,4-5H2,1-3H3;2*1H. The van der Waals surface area contributed by atoms with Gasteiger partial charge >= 0.3 is 6.09 Å². The van der Waals surface area contributed by atoms with Crippen LogP contribution in [-0.2, 0) is 4.74 Å². The number of carbonyl (C=O) groups is 1. The molecule has 35 heavy (non-hydrogen) atoms. The van der Waals surface area contributed by atoms with Crippen molar-refractivity contribution < 1.29 is 9.53 Å². The molecular weight excluding hydrogens is 487 g/mol. The Labute approximate surface area is 224 Å². The number of anilines is 2. The minimum absolute atomic E-state index is 0. The van der Waals surface area contributed by atoms with Gasteiger partial charge in [0.2, 0.25) is 0 Å². The van der Waals surface area contributed by atoms with Gasteiger partial charge in [-0.3, -0.25) is 9.97 Å². The first-order valence-electron chi connectivity index (χ1n) is 11.3. The number of aromatic nitrogens is 2. The lowest BCUT2D eigenvalue weighted by Crippen LogP contribution is -2.38. The van der Waals surface area contributed by atoms with E-state index in [1.54, 1.807) is 11.9 Å². The van der Waals surface area contributed by atoms with E-state index in [9.17, 15) is 4.79 Å². The first kappa shape index (κ1) is 34.9. The highest BCUT2D eigenvalue weighted by atomic mass is 35.5.